The van der Waals surface area contributed by atoms with Gasteiger partial charge >= 0.3 is 6.18 Å². The Hall–Kier alpha value is -1.94. The quantitative estimate of drug-likeness (QED) is 0.488. The summed E-state index contributed by atoms with van der Waals surface area (Å²) in [7, 11) is 0. The van der Waals surface area contributed by atoms with Crippen LogP contribution >= 0.6 is 46.4 Å². The fraction of sp³-hybridized carbons (Fsp3) is 0.235. The first kappa shape index (κ1) is 22.7. The van der Waals surface area contributed by atoms with E-state index in [-0.39, 0.29) is 16.5 Å². The van der Waals surface area contributed by atoms with Crippen molar-refractivity contribution >= 4 is 58.1 Å². The third-order valence-corrected chi connectivity index (χ3v) is 5.47. The minimum absolute atomic E-state index is 0.00962. The molecular formula is C17H12Cl4F3N5O. The number of rotatable bonds is 5. The van der Waals surface area contributed by atoms with Crippen molar-refractivity contribution in [3.63, 3.8) is 0 Å². The highest BCUT2D eigenvalue weighted by Gasteiger charge is 2.38. The minimum atomic E-state index is -4.73. The summed E-state index contributed by atoms with van der Waals surface area (Å²) >= 11 is 23.6. The largest absolute Gasteiger partial charge is 0.436 e. The molecule has 1 N–H and O–H groups in total. The molecule has 1 amide bonds. The number of benzene rings is 1. The Bertz CT molecular complexity index is 1110. The van der Waals surface area contributed by atoms with Gasteiger partial charge in [0.1, 0.15) is 11.6 Å². The molecule has 3 rings (SSSR count). The monoisotopic (exact) mass is 499 g/mol. The number of carbonyl (C=O) groups is 1. The maximum absolute atomic E-state index is 12.9. The molecule has 0 aliphatic heterocycles. The van der Waals surface area contributed by atoms with Gasteiger partial charge in [0.05, 0.1) is 27.3 Å². The van der Waals surface area contributed by atoms with Crippen LogP contribution in [0.1, 0.15) is 17.0 Å². The maximum atomic E-state index is 12.9. The van der Waals surface area contributed by atoms with Crippen molar-refractivity contribution < 1.29 is 18.0 Å². The molecule has 0 bridgehead atoms. The number of aromatic nitrogens is 4. The average molecular weight is 501 g/mol. The van der Waals surface area contributed by atoms with Crippen LogP contribution in [-0.4, -0.2) is 25.5 Å². The second kappa shape index (κ2) is 8.66. The summed E-state index contributed by atoms with van der Waals surface area (Å²) < 4.78 is 41.0. The lowest BCUT2D eigenvalue weighted by Gasteiger charge is -2.06. The molecule has 0 radical (unpaired) electrons. The van der Waals surface area contributed by atoms with Crippen LogP contribution in [0.3, 0.4) is 0 Å². The molecule has 2 aromatic heterocycles. The SMILES string of the molecule is Cc1c(Cl)c(C(F)(F)F)nn1CC(=O)Nc1nn(Cc2ccc(Cl)c(Cl)c2)cc1Cl. The number of carbonyl (C=O) groups excluding carboxylic acids is 1. The smallest absolute Gasteiger partial charge is 0.306 e. The topological polar surface area (TPSA) is 64.7 Å². The number of anilines is 1. The zero-order chi connectivity index (χ0) is 22.2. The Morgan fingerprint density at radius 3 is 2.40 bits per heavy atom. The zero-order valence-corrected chi connectivity index (χ0v) is 18.1. The molecule has 13 heteroatoms. The number of nitrogens with zero attached hydrogens (tertiary/aromatic N) is 4. The first-order valence-electron chi connectivity index (χ1n) is 8.22. The highest BCUT2D eigenvalue weighted by atomic mass is 35.5. The van der Waals surface area contributed by atoms with Crippen molar-refractivity contribution in [2.45, 2.75) is 26.2 Å². The van der Waals surface area contributed by atoms with Crippen molar-refractivity contribution in [2.75, 3.05) is 5.32 Å². The van der Waals surface area contributed by atoms with Gasteiger partial charge < -0.3 is 5.32 Å². The zero-order valence-electron chi connectivity index (χ0n) is 15.1. The van der Waals surface area contributed by atoms with E-state index in [1.807, 2.05) is 0 Å². The molecule has 30 heavy (non-hydrogen) atoms. The summed E-state index contributed by atoms with van der Waals surface area (Å²) in [5.41, 5.74) is -0.447. The average Bonchev–Trinajstić information content (AvgIpc) is 3.12. The molecule has 0 aliphatic carbocycles. The molecule has 3 aromatic rings. The number of hydrogen-bond acceptors (Lipinski definition) is 3. The summed E-state index contributed by atoms with van der Waals surface area (Å²) in [6.45, 7) is 1.13. The van der Waals surface area contributed by atoms with Gasteiger partial charge in [-0.25, -0.2) is 0 Å². The normalized spacial score (nSPS) is 11.7. The molecule has 0 aliphatic rings. The molecule has 6 nitrogen and oxygen atoms in total. The number of alkyl halides is 3. The van der Waals surface area contributed by atoms with Crippen LogP contribution < -0.4 is 5.32 Å². The molecule has 2 heterocycles. The molecule has 0 spiro atoms. The van der Waals surface area contributed by atoms with E-state index in [0.717, 1.165) is 10.2 Å². The Labute approximate surface area is 188 Å². The van der Waals surface area contributed by atoms with Gasteiger partial charge in [0.15, 0.2) is 11.5 Å². The Kier molecular flexibility index (Phi) is 6.57. The lowest BCUT2D eigenvalue weighted by Crippen LogP contribution is -2.21. The Balaban J connectivity index is 1.71. The van der Waals surface area contributed by atoms with Crippen LogP contribution in [0.5, 0.6) is 0 Å². The highest BCUT2D eigenvalue weighted by molar-refractivity contribution is 6.42. The number of hydrogen-bond donors (Lipinski definition) is 1. The molecule has 0 saturated carbocycles. The molecular weight excluding hydrogens is 489 g/mol. The van der Waals surface area contributed by atoms with Crippen LogP contribution in [0.4, 0.5) is 19.0 Å². The summed E-state index contributed by atoms with van der Waals surface area (Å²) in [5.74, 6) is -0.624. The van der Waals surface area contributed by atoms with Gasteiger partial charge in [-0.05, 0) is 24.6 Å². The van der Waals surface area contributed by atoms with Gasteiger partial charge in [-0.3, -0.25) is 14.2 Å². The van der Waals surface area contributed by atoms with Gasteiger partial charge in [-0.2, -0.15) is 23.4 Å². The third-order valence-electron chi connectivity index (χ3n) is 4.00. The van der Waals surface area contributed by atoms with E-state index in [4.69, 9.17) is 46.4 Å². The molecule has 0 atom stereocenters. The van der Waals surface area contributed by atoms with Crippen molar-refractivity contribution in [2.24, 2.45) is 0 Å². The number of amides is 1. The van der Waals surface area contributed by atoms with Crippen LogP contribution in [0.25, 0.3) is 0 Å². The van der Waals surface area contributed by atoms with E-state index in [1.165, 1.54) is 17.8 Å². The summed E-state index contributed by atoms with van der Waals surface area (Å²) in [6, 6.07) is 5.06. The predicted octanol–water partition coefficient (Wildman–Crippen LogP) is 5.71. The molecule has 0 fully saturated rings. The first-order valence-corrected chi connectivity index (χ1v) is 9.73. The van der Waals surface area contributed by atoms with Gasteiger partial charge in [0, 0.05) is 6.20 Å². The maximum Gasteiger partial charge on any atom is 0.436 e. The summed E-state index contributed by atoms with van der Waals surface area (Å²) in [6.07, 6.45) is -3.24. The second-order valence-corrected chi connectivity index (χ2v) is 7.82. The first-order chi connectivity index (χ1) is 14.0. The van der Waals surface area contributed by atoms with E-state index in [0.29, 0.717) is 16.6 Å². The lowest BCUT2D eigenvalue weighted by molar-refractivity contribution is -0.141. The fourth-order valence-corrected chi connectivity index (χ4v) is 3.32. The van der Waals surface area contributed by atoms with E-state index >= 15 is 0 Å². The van der Waals surface area contributed by atoms with Gasteiger partial charge in [-0.1, -0.05) is 52.5 Å². The second-order valence-electron chi connectivity index (χ2n) is 6.22. The minimum Gasteiger partial charge on any atom is -0.306 e. The van der Waals surface area contributed by atoms with Crippen LogP contribution in [-0.2, 0) is 24.1 Å². The Morgan fingerprint density at radius 2 is 1.80 bits per heavy atom. The van der Waals surface area contributed by atoms with Gasteiger partial charge in [-0.15, -0.1) is 0 Å². The number of nitrogens with one attached hydrogen (secondary N) is 1. The van der Waals surface area contributed by atoms with E-state index in [9.17, 15) is 18.0 Å². The molecule has 0 unspecified atom stereocenters. The van der Waals surface area contributed by atoms with Crippen molar-refractivity contribution in [1.29, 1.82) is 0 Å². The van der Waals surface area contributed by atoms with Crippen molar-refractivity contribution in [3.8, 4) is 0 Å². The molecule has 0 saturated heterocycles. The lowest BCUT2D eigenvalue weighted by atomic mass is 10.2. The van der Waals surface area contributed by atoms with Crippen molar-refractivity contribution in [3.05, 3.63) is 61.4 Å². The van der Waals surface area contributed by atoms with Crippen LogP contribution in [0.15, 0.2) is 24.4 Å². The standard InChI is InChI=1S/C17H12Cl4F3N5O/c1-8-14(21)15(17(22,23)24)26-29(8)7-13(30)25-16-12(20)6-28(27-16)5-9-2-3-10(18)11(19)4-9/h2-4,6H,5,7H2,1H3,(H,25,27,30). The van der Waals surface area contributed by atoms with Crippen molar-refractivity contribution in [1.82, 2.24) is 19.6 Å². The fourth-order valence-electron chi connectivity index (χ4n) is 2.55. The summed E-state index contributed by atoms with van der Waals surface area (Å²) in [5, 5.41) is 10.4. The summed E-state index contributed by atoms with van der Waals surface area (Å²) in [4.78, 5) is 12.3. The van der Waals surface area contributed by atoms with Gasteiger partial charge in [0.2, 0.25) is 5.91 Å². The van der Waals surface area contributed by atoms with Crippen LogP contribution in [0, 0.1) is 6.92 Å². The van der Waals surface area contributed by atoms with E-state index in [1.54, 1.807) is 18.2 Å². The van der Waals surface area contributed by atoms with E-state index in [2.05, 4.69) is 15.5 Å². The van der Waals surface area contributed by atoms with E-state index < -0.39 is 29.3 Å². The number of halogens is 7. The van der Waals surface area contributed by atoms with Crippen LogP contribution in [0.2, 0.25) is 20.1 Å². The predicted molar refractivity (Wildman–Crippen MR) is 108 cm³/mol. The highest BCUT2D eigenvalue weighted by Crippen LogP contribution is 2.35. The third kappa shape index (κ3) is 5.03. The Morgan fingerprint density at radius 1 is 1.10 bits per heavy atom. The van der Waals surface area contributed by atoms with Gasteiger partial charge in [0.25, 0.3) is 0 Å². The molecule has 160 valence electrons. The molecule has 1 aromatic carbocycles.